The van der Waals surface area contributed by atoms with Crippen molar-refractivity contribution in [2.75, 3.05) is 6.61 Å². The first-order valence-corrected chi connectivity index (χ1v) is 5.03. The van der Waals surface area contributed by atoms with Gasteiger partial charge in [-0.1, -0.05) is 29.1 Å². The largest absolute Gasteiger partial charge is 0.277 e. The molecule has 1 aromatic heterocycles. The zero-order valence-electron chi connectivity index (χ0n) is 6.84. The first-order valence-electron chi connectivity index (χ1n) is 3.45. The molecular formula is C8H5Cl2NO2S. The minimum absolute atomic E-state index is 0.00122. The van der Waals surface area contributed by atoms with Gasteiger partial charge in [0, 0.05) is 0 Å². The van der Waals surface area contributed by atoms with Crippen LogP contribution >= 0.6 is 34.5 Å². The third kappa shape index (κ3) is 2.89. The molecule has 74 valence electrons. The molecule has 1 amide bonds. The third-order valence-electron chi connectivity index (χ3n) is 1.22. The number of halogens is 2. The smallest absolute Gasteiger partial charge is 0.267 e. The van der Waals surface area contributed by atoms with E-state index in [-0.39, 0.29) is 12.2 Å². The molecule has 0 saturated carbocycles. The molecule has 0 spiro atoms. The SMILES string of the molecule is C#CCONC(=O)c1cc(Cl)sc1Cl. The Morgan fingerprint density at radius 2 is 2.43 bits per heavy atom. The fourth-order valence-corrected chi connectivity index (χ4v) is 2.15. The van der Waals surface area contributed by atoms with E-state index in [1.165, 1.54) is 6.07 Å². The lowest BCUT2D eigenvalue weighted by Gasteiger charge is -2.00. The average Bonchev–Trinajstić information content (AvgIpc) is 2.45. The number of terminal acetylenes is 1. The Morgan fingerprint density at radius 3 is 2.93 bits per heavy atom. The van der Waals surface area contributed by atoms with E-state index in [4.69, 9.17) is 29.6 Å². The van der Waals surface area contributed by atoms with Crippen molar-refractivity contribution in [1.82, 2.24) is 5.48 Å². The minimum atomic E-state index is -0.464. The monoisotopic (exact) mass is 249 g/mol. The topological polar surface area (TPSA) is 38.3 Å². The molecule has 0 aliphatic heterocycles. The molecule has 0 saturated heterocycles. The molecule has 0 radical (unpaired) electrons. The second-order valence-electron chi connectivity index (χ2n) is 2.16. The Kier molecular flexibility index (Phi) is 4.23. The number of nitrogens with one attached hydrogen (secondary N) is 1. The maximum atomic E-state index is 11.3. The highest BCUT2D eigenvalue weighted by atomic mass is 35.5. The Labute approximate surface area is 94.9 Å². The van der Waals surface area contributed by atoms with Crippen LogP contribution in [0.2, 0.25) is 8.67 Å². The zero-order valence-corrected chi connectivity index (χ0v) is 9.17. The van der Waals surface area contributed by atoms with Crippen molar-refractivity contribution in [3.05, 3.63) is 20.3 Å². The predicted molar refractivity (Wildman–Crippen MR) is 56.6 cm³/mol. The molecular weight excluding hydrogens is 245 g/mol. The van der Waals surface area contributed by atoms with Gasteiger partial charge in [0.15, 0.2) is 0 Å². The van der Waals surface area contributed by atoms with E-state index in [2.05, 4.69) is 16.2 Å². The van der Waals surface area contributed by atoms with Crippen LogP contribution in [-0.2, 0) is 4.84 Å². The zero-order chi connectivity index (χ0) is 10.6. The molecule has 0 bridgehead atoms. The van der Waals surface area contributed by atoms with Crippen molar-refractivity contribution in [2.45, 2.75) is 0 Å². The second kappa shape index (κ2) is 5.23. The van der Waals surface area contributed by atoms with Gasteiger partial charge in [-0.3, -0.25) is 9.63 Å². The summed E-state index contributed by atoms with van der Waals surface area (Å²) in [5.74, 6) is 1.74. The summed E-state index contributed by atoms with van der Waals surface area (Å²) in [6, 6.07) is 1.46. The first-order chi connectivity index (χ1) is 6.65. The van der Waals surface area contributed by atoms with Crippen molar-refractivity contribution in [2.24, 2.45) is 0 Å². The average molecular weight is 250 g/mol. The summed E-state index contributed by atoms with van der Waals surface area (Å²) >= 11 is 12.5. The van der Waals surface area contributed by atoms with Crippen molar-refractivity contribution in [3.63, 3.8) is 0 Å². The number of amides is 1. The summed E-state index contributed by atoms with van der Waals surface area (Å²) in [4.78, 5) is 15.9. The van der Waals surface area contributed by atoms with Crippen LogP contribution in [-0.4, -0.2) is 12.5 Å². The Hall–Kier alpha value is -0.730. The Bertz CT molecular complexity index is 383. The fraction of sp³-hybridized carbons (Fsp3) is 0.125. The highest BCUT2D eigenvalue weighted by Gasteiger charge is 2.13. The summed E-state index contributed by atoms with van der Waals surface area (Å²) in [7, 11) is 0. The molecule has 1 heterocycles. The van der Waals surface area contributed by atoms with Gasteiger partial charge in [-0.05, 0) is 6.07 Å². The number of hydroxylamine groups is 1. The Balaban J connectivity index is 2.61. The van der Waals surface area contributed by atoms with Gasteiger partial charge in [0.25, 0.3) is 5.91 Å². The maximum absolute atomic E-state index is 11.3. The predicted octanol–water partition coefficient (Wildman–Crippen LogP) is 2.35. The molecule has 0 unspecified atom stereocenters. The summed E-state index contributed by atoms with van der Waals surface area (Å²) in [5.41, 5.74) is 2.41. The molecule has 0 aliphatic rings. The van der Waals surface area contributed by atoms with Crippen LogP contribution < -0.4 is 5.48 Å². The molecule has 3 nitrogen and oxygen atoms in total. The lowest BCUT2D eigenvalue weighted by molar-refractivity contribution is 0.0439. The van der Waals surface area contributed by atoms with Gasteiger partial charge in [0.2, 0.25) is 0 Å². The number of rotatable bonds is 3. The van der Waals surface area contributed by atoms with E-state index in [1.54, 1.807) is 0 Å². The van der Waals surface area contributed by atoms with E-state index in [9.17, 15) is 4.79 Å². The van der Waals surface area contributed by atoms with Gasteiger partial charge in [0.1, 0.15) is 10.9 Å². The van der Waals surface area contributed by atoms with E-state index in [0.717, 1.165) is 11.3 Å². The summed E-state index contributed by atoms with van der Waals surface area (Å²) < 4.78 is 0.758. The van der Waals surface area contributed by atoms with Gasteiger partial charge in [-0.25, -0.2) is 5.48 Å². The number of carbonyl (C=O) groups is 1. The molecule has 6 heteroatoms. The summed E-state index contributed by atoms with van der Waals surface area (Å²) in [6.45, 7) is 0.00122. The lowest BCUT2D eigenvalue weighted by Crippen LogP contribution is -2.23. The van der Waals surface area contributed by atoms with Gasteiger partial charge < -0.3 is 0 Å². The van der Waals surface area contributed by atoms with Crippen LogP contribution in [0.4, 0.5) is 0 Å². The normalized spacial score (nSPS) is 9.50. The van der Waals surface area contributed by atoms with E-state index < -0.39 is 5.91 Å². The molecule has 0 atom stereocenters. The van der Waals surface area contributed by atoms with Crippen LogP contribution in [0.1, 0.15) is 10.4 Å². The highest BCUT2D eigenvalue weighted by molar-refractivity contribution is 7.20. The van der Waals surface area contributed by atoms with Crippen LogP contribution in [0.15, 0.2) is 6.07 Å². The second-order valence-corrected chi connectivity index (χ2v) is 4.45. The Morgan fingerprint density at radius 1 is 1.71 bits per heavy atom. The van der Waals surface area contributed by atoms with Crippen molar-refractivity contribution < 1.29 is 9.63 Å². The van der Waals surface area contributed by atoms with Crippen LogP contribution in [0.3, 0.4) is 0 Å². The molecule has 0 fully saturated rings. The van der Waals surface area contributed by atoms with Crippen molar-refractivity contribution in [3.8, 4) is 12.3 Å². The number of carbonyl (C=O) groups excluding carboxylic acids is 1. The van der Waals surface area contributed by atoms with E-state index in [0.29, 0.717) is 8.67 Å². The lowest BCUT2D eigenvalue weighted by atomic mass is 10.3. The fourth-order valence-electron chi connectivity index (χ4n) is 0.693. The van der Waals surface area contributed by atoms with Crippen molar-refractivity contribution >= 4 is 40.4 Å². The molecule has 1 N–H and O–H groups in total. The number of thiophene rings is 1. The number of hydrogen-bond acceptors (Lipinski definition) is 3. The maximum Gasteiger partial charge on any atom is 0.277 e. The minimum Gasteiger partial charge on any atom is -0.267 e. The van der Waals surface area contributed by atoms with Gasteiger partial charge in [0.05, 0.1) is 9.90 Å². The standard InChI is InChI=1S/C8H5Cl2NO2S/c1-2-3-13-11-8(12)5-4-6(9)14-7(5)10/h1,4H,3H2,(H,11,12). The summed E-state index contributed by atoms with van der Waals surface area (Å²) in [5, 5.41) is 0. The van der Waals surface area contributed by atoms with Crippen LogP contribution in [0, 0.1) is 12.3 Å². The van der Waals surface area contributed by atoms with Crippen LogP contribution in [0.25, 0.3) is 0 Å². The van der Waals surface area contributed by atoms with Gasteiger partial charge in [-0.2, -0.15) is 0 Å². The molecule has 0 aromatic carbocycles. The molecule has 0 aliphatic carbocycles. The van der Waals surface area contributed by atoms with E-state index in [1.807, 2.05) is 0 Å². The molecule has 1 rings (SSSR count). The van der Waals surface area contributed by atoms with Gasteiger partial charge >= 0.3 is 0 Å². The van der Waals surface area contributed by atoms with Crippen LogP contribution in [0.5, 0.6) is 0 Å². The number of hydrogen-bond donors (Lipinski definition) is 1. The first kappa shape index (κ1) is 11.3. The molecule has 14 heavy (non-hydrogen) atoms. The molecule has 1 aromatic rings. The third-order valence-corrected chi connectivity index (χ3v) is 2.71. The quantitative estimate of drug-likeness (QED) is 0.508. The summed E-state index contributed by atoms with van der Waals surface area (Å²) in [6.07, 6.45) is 4.92. The van der Waals surface area contributed by atoms with Gasteiger partial charge in [-0.15, -0.1) is 17.8 Å². The highest BCUT2D eigenvalue weighted by Crippen LogP contribution is 2.30. The van der Waals surface area contributed by atoms with E-state index >= 15 is 0 Å². The van der Waals surface area contributed by atoms with Crippen molar-refractivity contribution in [1.29, 1.82) is 0 Å².